The van der Waals surface area contributed by atoms with Gasteiger partial charge in [0.1, 0.15) is 0 Å². The van der Waals surface area contributed by atoms with Gasteiger partial charge in [-0.15, -0.1) is 0 Å². The number of hydrogen-bond donors (Lipinski definition) is 1. The summed E-state index contributed by atoms with van der Waals surface area (Å²) >= 11 is 1.80. The van der Waals surface area contributed by atoms with Gasteiger partial charge in [0.05, 0.1) is 12.6 Å². The molecule has 0 radical (unpaired) electrons. The van der Waals surface area contributed by atoms with E-state index in [2.05, 4.69) is 5.32 Å². The lowest BCUT2D eigenvalue weighted by atomic mass is 10.1. The van der Waals surface area contributed by atoms with Gasteiger partial charge in [-0.25, -0.2) is 8.78 Å². The van der Waals surface area contributed by atoms with Gasteiger partial charge in [-0.3, -0.25) is 10.1 Å². The van der Waals surface area contributed by atoms with Crippen LogP contribution in [-0.4, -0.2) is 53.9 Å². The van der Waals surface area contributed by atoms with E-state index in [1.54, 1.807) is 16.7 Å². The van der Waals surface area contributed by atoms with Crippen molar-refractivity contribution in [3.05, 3.63) is 0 Å². The van der Waals surface area contributed by atoms with Gasteiger partial charge in [-0.05, 0) is 0 Å². The standard InChI is InChI=1S/C9H14F2N2OS/c10-9(11)5-7(12-6-9)8(14)13-1-3-15-4-2-13/h7,12H,1-6H2. The normalized spacial score (nSPS) is 30.5. The minimum absolute atomic E-state index is 0.160. The van der Waals surface area contributed by atoms with E-state index in [1.165, 1.54) is 0 Å². The molecule has 0 aromatic heterocycles. The lowest BCUT2D eigenvalue weighted by Gasteiger charge is -2.28. The number of hydrogen-bond acceptors (Lipinski definition) is 3. The largest absolute Gasteiger partial charge is 0.340 e. The third-order valence-corrected chi connectivity index (χ3v) is 3.67. The van der Waals surface area contributed by atoms with Crippen molar-refractivity contribution in [3.63, 3.8) is 0 Å². The molecule has 1 unspecified atom stereocenters. The number of carbonyl (C=O) groups excluding carboxylic acids is 1. The van der Waals surface area contributed by atoms with Gasteiger partial charge in [-0.1, -0.05) is 0 Å². The van der Waals surface area contributed by atoms with Gasteiger partial charge < -0.3 is 4.90 Å². The Bertz CT molecular complexity index is 256. The first-order valence-electron chi connectivity index (χ1n) is 5.06. The fraction of sp³-hybridized carbons (Fsp3) is 0.889. The van der Waals surface area contributed by atoms with E-state index in [9.17, 15) is 13.6 Å². The van der Waals surface area contributed by atoms with Crippen molar-refractivity contribution in [3.8, 4) is 0 Å². The molecule has 1 amide bonds. The fourth-order valence-corrected chi connectivity index (χ4v) is 2.80. The molecule has 1 atom stereocenters. The van der Waals surface area contributed by atoms with Crippen molar-refractivity contribution in [1.82, 2.24) is 10.2 Å². The lowest BCUT2D eigenvalue weighted by Crippen LogP contribution is -2.46. The van der Waals surface area contributed by atoms with Crippen LogP contribution in [0.1, 0.15) is 6.42 Å². The van der Waals surface area contributed by atoms with Gasteiger partial charge in [0.15, 0.2) is 0 Å². The van der Waals surface area contributed by atoms with Gasteiger partial charge in [0.2, 0.25) is 5.91 Å². The van der Waals surface area contributed by atoms with Crippen LogP contribution >= 0.6 is 11.8 Å². The zero-order valence-electron chi connectivity index (χ0n) is 8.34. The molecule has 6 heteroatoms. The fourth-order valence-electron chi connectivity index (χ4n) is 1.89. The maximum atomic E-state index is 12.9. The Morgan fingerprint density at radius 2 is 2.07 bits per heavy atom. The molecule has 0 saturated carbocycles. The van der Waals surface area contributed by atoms with Crippen LogP contribution in [-0.2, 0) is 4.79 Å². The summed E-state index contributed by atoms with van der Waals surface area (Å²) < 4.78 is 25.8. The molecule has 15 heavy (non-hydrogen) atoms. The van der Waals surface area contributed by atoms with Crippen molar-refractivity contribution in [1.29, 1.82) is 0 Å². The zero-order chi connectivity index (χ0) is 10.9. The minimum atomic E-state index is -2.72. The zero-order valence-corrected chi connectivity index (χ0v) is 9.16. The monoisotopic (exact) mass is 236 g/mol. The summed E-state index contributed by atoms with van der Waals surface area (Å²) in [5, 5.41) is 2.60. The Morgan fingerprint density at radius 3 is 2.60 bits per heavy atom. The number of carbonyl (C=O) groups is 1. The maximum Gasteiger partial charge on any atom is 0.262 e. The SMILES string of the molecule is O=C(C1CC(F)(F)CN1)N1CCSCC1. The molecule has 0 aromatic carbocycles. The van der Waals surface area contributed by atoms with E-state index in [0.717, 1.165) is 11.5 Å². The number of rotatable bonds is 1. The maximum absolute atomic E-state index is 12.9. The Hall–Kier alpha value is -0.360. The molecule has 86 valence electrons. The minimum Gasteiger partial charge on any atom is -0.340 e. The summed E-state index contributed by atoms with van der Waals surface area (Å²) in [7, 11) is 0. The van der Waals surface area contributed by atoms with Crippen LogP contribution in [0.15, 0.2) is 0 Å². The van der Waals surface area contributed by atoms with Crippen LogP contribution in [0.3, 0.4) is 0 Å². The first-order chi connectivity index (χ1) is 7.08. The summed E-state index contributed by atoms with van der Waals surface area (Å²) in [6.45, 7) is 1.01. The molecule has 2 aliphatic heterocycles. The summed E-state index contributed by atoms with van der Waals surface area (Å²) in [5.74, 6) is -1.05. The number of amides is 1. The highest BCUT2D eigenvalue weighted by molar-refractivity contribution is 7.99. The smallest absolute Gasteiger partial charge is 0.262 e. The van der Waals surface area contributed by atoms with Crippen molar-refractivity contribution < 1.29 is 13.6 Å². The van der Waals surface area contributed by atoms with Crippen molar-refractivity contribution >= 4 is 17.7 Å². The van der Waals surface area contributed by atoms with E-state index >= 15 is 0 Å². The molecule has 0 bridgehead atoms. The number of nitrogens with zero attached hydrogens (tertiary/aromatic N) is 1. The third kappa shape index (κ3) is 2.60. The van der Waals surface area contributed by atoms with Crippen LogP contribution in [0.5, 0.6) is 0 Å². The van der Waals surface area contributed by atoms with Gasteiger partial charge in [0.25, 0.3) is 5.92 Å². The van der Waals surface area contributed by atoms with Gasteiger partial charge in [-0.2, -0.15) is 11.8 Å². The summed E-state index contributed by atoms with van der Waals surface area (Å²) in [6.07, 6.45) is -0.352. The lowest BCUT2D eigenvalue weighted by molar-refractivity contribution is -0.133. The Labute approximate surface area is 91.6 Å². The molecule has 2 heterocycles. The molecule has 2 saturated heterocycles. The van der Waals surface area contributed by atoms with Crippen LogP contribution in [0.25, 0.3) is 0 Å². The predicted molar refractivity (Wildman–Crippen MR) is 55.3 cm³/mol. The molecular weight excluding hydrogens is 222 g/mol. The Kier molecular flexibility index (Phi) is 3.16. The van der Waals surface area contributed by atoms with Crippen molar-refractivity contribution in [2.24, 2.45) is 0 Å². The van der Waals surface area contributed by atoms with Crippen molar-refractivity contribution in [2.45, 2.75) is 18.4 Å². The first kappa shape index (κ1) is 11.1. The highest BCUT2D eigenvalue weighted by atomic mass is 32.2. The van der Waals surface area contributed by atoms with E-state index in [-0.39, 0.29) is 18.9 Å². The van der Waals surface area contributed by atoms with Crippen LogP contribution in [0.2, 0.25) is 0 Å². The Balaban J connectivity index is 1.90. The number of halogens is 2. The van der Waals surface area contributed by atoms with Crippen LogP contribution in [0.4, 0.5) is 8.78 Å². The molecule has 2 rings (SSSR count). The quantitative estimate of drug-likeness (QED) is 0.722. The Morgan fingerprint density at radius 1 is 1.40 bits per heavy atom. The second-order valence-electron chi connectivity index (χ2n) is 3.93. The van der Waals surface area contributed by atoms with E-state index < -0.39 is 12.0 Å². The molecular formula is C9H14F2N2OS. The number of nitrogens with one attached hydrogen (secondary N) is 1. The second-order valence-corrected chi connectivity index (χ2v) is 5.16. The van der Waals surface area contributed by atoms with Crippen molar-refractivity contribution in [2.75, 3.05) is 31.1 Å². The highest BCUT2D eigenvalue weighted by Gasteiger charge is 2.43. The van der Waals surface area contributed by atoms with E-state index in [1.807, 2.05) is 0 Å². The van der Waals surface area contributed by atoms with E-state index in [0.29, 0.717) is 13.1 Å². The van der Waals surface area contributed by atoms with Crippen LogP contribution < -0.4 is 5.32 Å². The average molecular weight is 236 g/mol. The second kappa shape index (κ2) is 4.25. The predicted octanol–water partition coefficient (Wildman–Crippen LogP) is 0.559. The first-order valence-corrected chi connectivity index (χ1v) is 6.22. The highest BCUT2D eigenvalue weighted by Crippen LogP contribution is 2.26. The third-order valence-electron chi connectivity index (χ3n) is 2.73. The molecule has 0 aliphatic carbocycles. The molecule has 3 nitrogen and oxygen atoms in total. The molecule has 2 aliphatic rings. The average Bonchev–Trinajstić information content (AvgIpc) is 2.59. The van der Waals surface area contributed by atoms with Crippen LogP contribution in [0, 0.1) is 0 Å². The topological polar surface area (TPSA) is 32.3 Å². The summed E-state index contributed by atoms with van der Waals surface area (Å²) in [5.41, 5.74) is 0. The molecule has 1 N–H and O–H groups in total. The van der Waals surface area contributed by atoms with Gasteiger partial charge in [0, 0.05) is 31.0 Å². The summed E-state index contributed by atoms with van der Waals surface area (Å²) in [4.78, 5) is 13.5. The molecule has 0 aromatic rings. The van der Waals surface area contributed by atoms with Gasteiger partial charge >= 0.3 is 0 Å². The number of thioether (sulfide) groups is 1. The number of alkyl halides is 2. The molecule has 0 spiro atoms. The summed E-state index contributed by atoms with van der Waals surface area (Å²) in [6, 6.07) is -0.678. The molecule has 2 fully saturated rings. The van der Waals surface area contributed by atoms with E-state index in [4.69, 9.17) is 0 Å².